The number of nitrogens with zero attached hydrogens (tertiary/aromatic N) is 3. The fraction of sp³-hybridized carbons (Fsp3) is 0.273. The summed E-state index contributed by atoms with van der Waals surface area (Å²) in [6.07, 6.45) is 7.86. The van der Waals surface area contributed by atoms with Gasteiger partial charge in [0.1, 0.15) is 0 Å². The summed E-state index contributed by atoms with van der Waals surface area (Å²) in [6, 6.07) is 18.8. The highest BCUT2D eigenvalue weighted by Crippen LogP contribution is 2.35. The number of nitrogens with one attached hydrogen (secondary N) is 2. The molecule has 0 bridgehead atoms. The van der Waals surface area contributed by atoms with E-state index in [-0.39, 0.29) is 0 Å². The monoisotopic (exact) mass is 535 g/mol. The van der Waals surface area contributed by atoms with Crippen molar-refractivity contribution in [2.75, 3.05) is 24.2 Å². The minimum Gasteiger partial charge on any atom is -0.375 e. The number of hydrogen-bond donors (Lipinski definition) is 2. The van der Waals surface area contributed by atoms with E-state index in [1.807, 2.05) is 29.5 Å². The molecule has 2 aromatic heterocycles. The second kappa shape index (κ2) is 11.9. The van der Waals surface area contributed by atoms with Gasteiger partial charge in [0.25, 0.3) is 0 Å². The zero-order chi connectivity index (χ0) is 27.4. The summed E-state index contributed by atoms with van der Waals surface area (Å²) >= 11 is 1.88. The van der Waals surface area contributed by atoms with E-state index in [9.17, 15) is 0 Å². The molecule has 2 aromatic carbocycles. The summed E-state index contributed by atoms with van der Waals surface area (Å²) < 4.78 is 0. The molecule has 0 unspecified atom stereocenters. The molecule has 2 N–H and O–H groups in total. The number of hydrogen-bond acceptors (Lipinski definition) is 6. The molecule has 200 valence electrons. The Morgan fingerprint density at radius 1 is 1.05 bits per heavy atom. The second-order valence-corrected chi connectivity index (χ2v) is 11.3. The van der Waals surface area contributed by atoms with E-state index < -0.39 is 0 Å². The van der Waals surface area contributed by atoms with Crippen LogP contribution in [0.25, 0.3) is 22.7 Å². The van der Waals surface area contributed by atoms with Crippen molar-refractivity contribution >= 4 is 40.1 Å². The van der Waals surface area contributed by atoms with E-state index in [0.717, 1.165) is 58.1 Å². The Bertz CT molecular complexity index is 1460. The first-order chi connectivity index (χ1) is 18.9. The molecule has 6 heteroatoms. The number of aryl methyl sites for hydroxylation is 2. The van der Waals surface area contributed by atoms with Crippen LogP contribution in [0.1, 0.15) is 52.6 Å². The molecule has 0 radical (unpaired) electrons. The third-order valence-corrected chi connectivity index (χ3v) is 8.64. The van der Waals surface area contributed by atoms with E-state index in [1.165, 1.54) is 41.0 Å². The zero-order valence-corrected chi connectivity index (χ0v) is 24.0. The Morgan fingerprint density at radius 2 is 1.85 bits per heavy atom. The number of rotatable bonds is 10. The van der Waals surface area contributed by atoms with Crippen LogP contribution < -0.4 is 10.6 Å². The summed E-state index contributed by atoms with van der Waals surface area (Å²) in [4.78, 5) is 14.2. The Balaban J connectivity index is 1.31. The van der Waals surface area contributed by atoms with E-state index >= 15 is 0 Å². The third kappa shape index (κ3) is 6.07. The van der Waals surface area contributed by atoms with Crippen molar-refractivity contribution in [3.63, 3.8) is 0 Å². The van der Waals surface area contributed by atoms with Crippen molar-refractivity contribution in [3.8, 4) is 11.3 Å². The molecule has 0 spiro atoms. The van der Waals surface area contributed by atoms with Gasteiger partial charge in [-0.25, -0.2) is 9.97 Å². The number of thiophene rings is 1. The van der Waals surface area contributed by atoms with Crippen molar-refractivity contribution in [2.24, 2.45) is 0 Å². The maximum atomic E-state index is 4.84. The van der Waals surface area contributed by atoms with Crippen molar-refractivity contribution in [3.05, 3.63) is 100 Å². The van der Waals surface area contributed by atoms with Crippen molar-refractivity contribution in [1.82, 2.24) is 14.9 Å². The Kier molecular flexibility index (Phi) is 8.13. The summed E-state index contributed by atoms with van der Waals surface area (Å²) in [5, 5.41) is 6.93. The normalized spacial score (nSPS) is 12.5. The van der Waals surface area contributed by atoms with Crippen molar-refractivity contribution in [2.45, 2.75) is 46.0 Å². The van der Waals surface area contributed by atoms with Crippen LogP contribution in [0, 0.1) is 6.92 Å². The van der Waals surface area contributed by atoms with E-state index in [4.69, 9.17) is 4.98 Å². The predicted octanol–water partition coefficient (Wildman–Crippen LogP) is 8.53. The van der Waals surface area contributed by atoms with Gasteiger partial charge in [-0.15, -0.1) is 11.3 Å². The van der Waals surface area contributed by atoms with Gasteiger partial charge in [-0.05, 0) is 86.1 Å². The minimum atomic E-state index is 0.563. The summed E-state index contributed by atoms with van der Waals surface area (Å²) in [7, 11) is 2.08. The van der Waals surface area contributed by atoms with E-state index in [2.05, 4.69) is 91.0 Å². The topological polar surface area (TPSA) is 53.1 Å². The summed E-state index contributed by atoms with van der Waals surface area (Å²) in [6.45, 7) is 13.9. The Hall–Kier alpha value is -3.90. The molecule has 5 nitrogen and oxygen atoms in total. The highest BCUT2D eigenvalue weighted by atomic mass is 32.1. The summed E-state index contributed by atoms with van der Waals surface area (Å²) in [5.41, 5.74) is 9.62. The maximum Gasteiger partial charge on any atom is 0.227 e. The Morgan fingerprint density at radius 3 is 2.62 bits per heavy atom. The summed E-state index contributed by atoms with van der Waals surface area (Å²) in [5.74, 6) is 0.563. The molecule has 1 aliphatic rings. The highest BCUT2D eigenvalue weighted by Gasteiger charge is 2.16. The van der Waals surface area contributed by atoms with Gasteiger partial charge in [0.2, 0.25) is 5.95 Å². The molecule has 0 fully saturated rings. The molecule has 0 atom stereocenters. The molecule has 0 aliphatic heterocycles. The van der Waals surface area contributed by atoms with Gasteiger partial charge in [-0.2, -0.15) is 0 Å². The lowest BCUT2D eigenvalue weighted by Crippen LogP contribution is -2.16. The lowest BCUT2D eigenvalue weighted by atomic mass is 9.99. The van der Waals surface area contributed by atoms with Crippen LogP contribution in [0.3, 0.4) is 0 Å². The minimum absolute atomic E-state index is 0.563. The molecule has 0 amide bonds. The number of anilines is 3. The first kappa shape index (κ1) is 26.7. The first-order valence-electron chi connectivity index (χ1n) is 13.7. The largest absolute Gasteiger partial charge is 0.375 e. The van der Waals surface area contributed by atoms with Crippen LogP contribution in [0.2, 0.25) is 0 Å². The van der Waals surface area contributed by atoms with Gasteiger partial charge < -0.3 is 15.5 Å². The molecule has 0 saturated carbocycles. The average molecular weight is 536 g/mol. The smallest absolute Gasteiger partial charge is 0.227 e. The van der Waals surface area contributed by atoms with Crippen LogP contribution in [0.5, 0.6) is 0 Å². The first-order valence-corrected chi connectivity index (χ1v) is 14.5. The van der Waals surface area contributed by atoms with E-state index in [0.29, 0.717) is 5.95 Å². The van der Waals surface area contributed by atoms with Crippen LogP contribution >= 0.6 is 11.3 Å². The number of fused-ring (bicyclic) bond motifs is 1. The van der Waals surface area contributed by atoms with Gasteiger partial charge in [0.15, 0.2) is 0 Å². The van der Waals surface area contributed by atoms with Crippen molar-refractivity contribution < 1.29 is 0 Å². The molecular weight excluding hydrogens is 498 g/mol. The van der Waals surface area contributed by atoms with Crippen molar-refractivity contribution in [1.29, 1.82) is 0 Å². The molecule has 5 rings (SSSR count). The van der Waals surface area contributed by atoms with Crippen LogP contribution in [0.15, 0.2) is 74.0 Å². The quantitative estimate of drug-likeness (QED) is 0.213. The van der Waals surface area contributed by atoms with Gasteiger partial charge in [-0.3, -0.25) is 0 Å². The number of aromatic nitrogens is 2. The highest BCUT2D eigenvalue weighted by molar-refractivity contribution is 7.13. The molecule has 1 aliphatic carbocycles. The van der Waals surface area contributed by atoms with Crippen LogP contribution in [-0.2, 0) is 12.8 Å². The molecule has 0 saturated heterocycles. The molecular formula is C33H37N5S. The van der Waals surface area contributed by atoms with Gasteiger partial charge in [0, 0.05) is 53.0 Å². The molecule has 39 heavy (non-hydrogen) atoms. The van der Waals surface area contributed by atoms with E-state index in [1.54, 1.807) is 6.20 Å². The Labute approximate surface area is 236 Å². The van der Waals surface area contributed by atoms with Gasteiger partial charge in [0.05, 0.1) is 10.6 Å². The lowest BCUT2D eigenvalue weighted by molar-refractivity contribution is 0.478. The SMILES string of the molecule is C=C(Nc1cccc(-c2ccnc(Nc3ccc(C(=C)N(C)CCC)cc3)n2)c1C)c1cc2c(s1)CCCC2. The maximum absolute atomic E-state index is 4.84. The fourth-order valence-electron chi connectivity index (χ4n) is 5.05. The average Bonchev–Trinajstić information content (AvgIpc) is 3.39. The standard InChI is InChI=1S/C33H37N5S/c1-6-20-38(5)24(4)25-14-16-27(17-15-25)36-33-34-19-18-30(37-33)28-11-9-12-29(22(28)2)35-23(3)32-21-26-10-7-8-13-31(26)39-32/h9,11-12,14-19,21,35H,3-4,6-8,10,13,20H2,1-2,5H3,(H,34,36,37). The predicted molar refractivity (Wildman–Crippen MR) is 168 cm³/mol. The fourth-order valence-corrected chi connectivity index (χ4v) is 6.23. The second-order valence-electron chi connectivity index (χ2n) is 10.2. The van der Waals surface area contributed by atoms with Crippen LogP contribution in [-0.4, -0.2) is 28.5 Å². The van der Waals surface area contributed by atoms with Gasteiger partial charge in [-0.1, -0.05) is 44.3 Å². The third-order valence-electron chi connectivity index (χ3n) is 7.34. The van der Waals surface area contributed by atoms with Gasteiger partial charge >= 0.3 is 0 Å². The molecule has 2 heterocycles. The molecule has 4 aromatic rings. The zero-order valence-electron chi connectivity index (χ0n) is 23.2. The lowest BCUT2D eigenvalue weighted by Gasteiger charge is -2.21. The van der Waals surface area contributed by atoms with Crippen LogP contribution in [0.4, 0.5) is 17.3 Å². The number of benzene rings is 2.